The van der Waals surface area contributed by atoms with Gasteiger partial charge >= 0.3 is 11.9 Å². The lowest BCUT2D eigenvalue weighted by Gasteiger charge is -2.19. The van der Waals surface area contributed by atoms with E-state index in [0.717, 1.165) is 119 Å². The molecule has 0 aromatic heterocycles. The number of phenolic OH excluding ortho intramolecular Hbond substituents is 2. The molecule has 6 heteroatoms. The Morgan fingerprint density at radius 3 is 1.18 bits per heavy atom. The predicted molar refractivity (Wildman–Crippen MR) is 292 cm³/mol. The number of carbonyl (C=O) groups excluding carboxylic acids is 2. The highest BCUT2D eigenvalue weighted by atomic mass is 16.5. The van der Waals surface area contributed by atoms with Crippen molar-refractivity contribution in [2.45, 2.75) is 253 Å². The molecular weight excluding hydrogens is 841 g/mol. The molecule has 0 aliphatic rings. The number of aromatic hydroxyl groups is 2. The van der Waals surface area contributed by atoms with Gasteiger partial charge in [0.1, 0.15) is 23.0 Å². The second kappa shape index (κ2) is 33.1. The smallest absolute Gasteiger partial charge is 0.308 e. The van der Waals surface area contributed by atoms with Gasteiger partial charge in [0, 0.05) is 25.0 Å². The SMILES string of the molecule is C=C(CCCC(C)CCCC(C)CCCC(C)C)CCc1c(C)c(OC(C)=O)c(C)c(C)c1O.CC(=O)Oc1c(C)c(C)c(O)c(CCC(C)=CCCC(C)CCCC(C)CCCC(C)C)c1C. The lowest BCUT2D eigenvalue weighted by Crippen LogP contribution is -2.08. The van der Waals surface area contributed by atoms with Gasteiger partial charge in [-0.15, -0.1) is 0 Å². The van der Waals surface area contributed by atoms with Crippen molar-refractivity contribution in [3.63, 3.8) is 0 Å². The van der Waals surface area contributed by atoms with E-state index in [1.54, 1.807) is 0 Å². The third kappa shape index (κ3) is 24.3. The average molecular weight is 946 g/mol. The highest BCUT2D eigenvalue weighted by Crippen LogP contribution is 2.40. The lowest BCUT2D eigenvalue weighted by atomic mass is 9.90. The van der Waals surface area contributed by atoms with Gasteiger partial charge in [-0.3, -0.25) is 9.59 Å². The minimum Gasteiger partial charge on any atom is -0.507 e. The Balaban J connectivity index is 0.000000680. The molecule has 388 valence electrons. The van der Waals surface area contributed by atoms with Crippen molar-refractivity contribution in [1.82, 2.24) is 0 Å². The molecule has 0 aliphatic carbocycles. The van der Waals surface area contributed by atoms with Crippen molar-refractivity contribution in [1.29, 1.82) is 0 Å². The number of hydrogen-bond donors (Lipinski definition) is 2. The Labute approximate surface area is 419 Å². The van der Waals surface area contributed by atoms with Crippen LogP contribution in [0.3, 0.4) is 0 Å². The maximum Gasteiger partial charge on any atom is 0.308 e. The van der Waals surface area contributed by atoms with Gasteiger partial charge in [0.05, 0.1) is 0 Å². The van der Waals surface area contributed by atoms with Crippen molar-refractivity contribution in [3.05, 3.63) is 68.3 Å². The Hall–Kier alpha value is -3.54. The van der Waals surface area contributed by atoms with Gasteiger partial charge in [-0.1, -0.05) is 163 Å². The number of ether oxygens (including phenoxy) is 2. The summed E-state index contributed by atoms with van der Waals surface area (Å²) in [6.07, 6.45) is 27.7. The van der Waals surface area contributed by atoms with Crippen LogP contribution >= 0.6 is 0 Å². The van der Waals surface area contributed by atoms with Crippen molar-refractivity contribution < 1.29 is 29.3 Å². The van der Waals surface area contributed by atoms with Gasteiger partial charge < -0.3 is 19.7 Å². The zero-order chi connectivity index (χ0) is 51.7. The summed E-state index contributed by atoms with van der Waals surface area (Å²) in [5.41, 5.74) is 9.32. The number of hydrogen-bond acceptors (Lipinski definition) is 6. The van der Waals surface area contributed by atoms with Crippen LogP contribution in [-0.2, 0) is 22.4 Å². The summed E-state index contributed by atoms with van der Waals surface area (Å²) in [5.74, 6) is 6.11. The van der Waals surface area contributed by atoms with Gasteiger partial charge in [-0.05, 0) is 169 Å². The summed E-state index contributed by atoms with van der Waals surface area (Å²) in [7, 11) is 0. The van der Waals surface area contributed by atoms with E-state index in [1.165, 1.54) is 121 Å². The molecule has 0 saturated heterocycles. The Morgan fingerprint density at radius 2 is 0.809 bits per heavy atom. The topological polar surface area (TPSA) is 93.1 Å². The molecule has 2 aromatic carbocycles. The van der Waals surface area contributed by atoms with Gasteiger partial charge in [0.25, 0.3) is 0 Å². The molecule has 6 nitrogen and oxygen atoms in total. The van der Waals surface area contributed by atoms with Crippen LogP contribution in [0.2, 0.25) is 0 Å². The number of rotatable bonds is 31. The van der Waals surface area contributed by atoms with Crippen LogP contribution in [0.5, 0.6) is 23.0 Å². The van der Waals surface area contributed by atoms with Crippen LogP contribution in [0.1, 0.15) is 243 Å². The number of carbonyl (C=O) groups is 2. The Morgan fingerprint density at radius 1 is 0.471 bits per heavy atom. The van der Waals surface area contributed by atoms with Gasteiger partial charge in [0.15, 0.2) is 0 Å². The average Bonchev–Trinajstić information content (AvgIpc) is 3.25. The quantitative estimate of drug-likeness (QED) is 0.0444. The summed E-state index contributed by atoms with van der Waals surface area (Å²) in [4.78, 5) is 23.1. The zero-order valence-corrected chi connectivity index (χ0v) is 47.1. The molecule has 0 radical (unpaired) electrons. The molecule has 0 spiro atoms. The molecule has 0 bridgehead atoms. The first-order valence-corrected chi connectivity index (χ1v) is 27.2. The summed E-state index contributed by atoms with van der Waals surface area (Å²) >= 11 is 0. The monoisotopic (exact) mass is 945 g/mol. The van der Waals surface area contributed by atoms with Crippen LogP contribution in [0.25, 0.3) is 0 Å². The molecule has 68 heavy (non-hydrogen) atoms. The van der Waals surface area contributed by atoms with E-state index in [-0.39, 0.29) is 11.9 Å². The van der Waals surface area contributed by atoms with Crippen molar-refractivity contribution in [2.75, 3.05) is 0 Å². The van der Waals surface area contributed by atoms with E-state index in [1.807, 2.05) is 41.5 Å². The molecular formula is C62H104O6. The highest BCUT2D eigenvalue weighted by Gasteiger charge is 2.21. The second-order valence-corrected chi connectivity index (χ2v) is 22.5. The summed E-state index contributed by atoms with van der Waals surface area (Å²) < 4.78 is 10.9. The fourth-order valence-corrected chi connectivity index (χ4v) is 9.67. The molecule has 2 rings (SSSR count). The molecule has 2 N–H and O–H groups in total. The first-order valence-electron chi connectivity index (χ1n) is 27.2. The number of phenols is 2. The maximum atomic E-state index is 11.5. The highest BCUT2D eigenvalue weighted by molar-refractivity contribution is 5.72. The van der Waals surface area contributed by atoms with E-state index in [2.05, 4.69) is 75.0 Å². The van der Waals surface area contributed by atoms with E-state index in [0.29, 0.717) is 23.0 Å². The number of esters is 2. The van der Waals surface area contributed by atoms with Gasteiger partial charge in [-0.2, -0.15) is 0 Å². The number of benzene rings is 2. The molecule has 0 heterocycles. The van der Waals surface area contributed by atoms with Crippen LogP contribution < -0.4 is 9.47 Å². The minimum atomic E-state index is -0.332. The van der Waals surface area contributed by atoms with E-state index < -0.39 is 0 Å². The first-order chi connectivity index (χ1) is 31.9. The fourth-order valence-electron chi connectivity index (χ4n) is 9.67. The minimum absolute atomic E-state index is 0.325. The molecule has 0 aliphatic heterocycles. The largest absolute Gasteiger partial charge is 0.507 e. The predicted octanol–water partition coefficient (Wildman–Crippen LogP) is 18.3. The van der Waals surface area contributed by atoms with Gasteiger partial charge in [-0.25, -0.2) is 0 Å². The third-order valence-electron chi connectivity index (χ3n) is 14.8. The zero-order valence-electron chi connectivity index (χ0n) is 47.1. The van der Waals surface area contributed by atoms with Crippen LogP contribution in [0, 0.1) is 77.0 Å². The summed E-state index contributed by atoms with van der Waals surface area (Å²) in [6.45, 7) is 39.6. The lowest BCUT2D eigenvalue weighted by molar-refractivity contribution is -0.132. The van der Waals surface area contributed by atoms with Crippen LogP contribution in [0.15, 0.2) is 23.8 Å². The van der Waals surface area contributed by atoms with Crippen molar-refractivity contribution in [2.24, 2.45) is 35.5 Å². The summed E-state index contributed by atoms with van der Waals surface area (Å²) in [5, 5.41) is 21.4. The normalized spacial score (nSPS) is 13.5. The standard InChI is InChI=1S/2C31H52O3/c2*1-21(2)13-10-14-22(3)15-11-16-23(4)17-12-18-24(5)19-20-29-27(8)31(34-28(9)32)26(7)25(6)30(29)33/h18,21-23,33H,10-17,19-20H2,1-9H3;21-23,33H,5,10-20H2,1-4,6-9H3. The summed E-state index contributed by atoms with van der Waals surface area (Å²) in [6, 6.07) is 0. The third-order valence-corrected chi connectivity index (χ3v) is 14.8. The maximum absolute atomic E-state index is 11.5. The first kappa shape index (κ1) is 62.5. The fraction of sp³-hybridized carbons (Fsp3) is 0.710. The van der Waals surface area contributed by atoms with E-state index >= 15 is 0 Å². The van der Waals surface area contributed by atoms with E-state index in [9.17, 15) is 19.8 Å². The second-order valence-electron chi connectivity index (χ2n) is 22.5. The Bertz CT molecular complexity index is 1860. The van der Waals surface area contributed by atoms with Gasteiger partial charge in [0.2, 0.25) is 0 Å². The molecule has 0 amide bonds. The van der Waals surface area contributed by atoms with Crippen molar-refractivity contribution in [3.8, 4) is 23.0 Å². The van der Waals surface area contributed by atoms with Crippen LogP contribution in [0.4, 0.5) is 0 Å². The molecule has 0 saturated carbocycles. The Kier molecular flexibility index (Phi) is 30.4. The molecule has 2 aromatic rings. The van der Waals surface area contributed by atoms with Crippen LogP contribution in [-0.4, -0.2) is 22.2 Å². The molecule has 4 unspecified atom stereocenters. The molecule has 4 atom stereocenters. The number of allylic oxidation sites excluding steroid dienone is 3. The van der Waals surface area contributed by atoms with Crippen molar-refractivity contribution >= 4 is 11.9 Å². The van der Waals surface area contributed by atoms with E-state index in [4.69, 9.17) is 9.47 Å². The molecule has 0 fully saturated rings.